The van der Waals surface area contributed by atoms with Gasteiger partial charge in [0.2, 0.25) is 0 Å². The van der Waals surface area contributed by atoms with Gasteiger partial charge in [0.25, 0.3) is 0 Å². The predicted octanol–water partition coefficient (Wildman–Crippen LogP) is 4.13. The first kappa shape index (κ1) is 14.7. The molecule has 106 valence electrons. The largest absolute Gasteiger partial charge is 0.305 e. The molecule has 1 heterocycles. The Morgan fingerprint density at radius 1 is 0.950 bits per heavy atom. The van der Waals surface area contributed by atoms with Gasteiger partial charge in [-0.25, -0.2) is 0 Å². The van der Waals surface area contributed by atoms with Crippen LogP contribution in [0.1, 0.15) is 43.6 Å². The number of pyridine rings is 1. The molecular formula is C18H24N2. The van der Waals surface area contributed by atoms with E-state index in [1.807, 2.05) is 18.3 Å². The third kappa shape index (κ3) is 4.46. The van der Waals surface area contributed by atoms with Crippen LogP contribution in [0.25, 0.3) is 0 Å². The molecule has 0 spiro atoms. The number of hydrogen-bond acceptors (Lipinski definition) is 2. The summed E-state index contributed by atoms with van der Waals surface area (Å²) < 4.78 is 0. The highest BCUT2D eigenvalue weighted by Crippen LogP contribution is 2.12. The Morgan fingerprint density at radius 2 is 1.65 bits per heavy atom. The Balaban J connectivity index is 1.88. The molecule has 2 aromatic rings. The van der Waals surface area contributed by atoms with E-state index in [0.29, 0.717) is 5.92 Å². The zero-order valence-corrected chi connectivity index (χ0v) is 12.6. The maximum Gasteiger partial charge on any atom is 0.0570 e. The van der Waals surface area contributed by atoms with Crippen LogP contribution in [0.3, 0.4) is 0 Å². The second-order valence-corrected chi connectivity index (χ2v) is 5.77. The van der Waals surface area contributed by atoms with E-state index in [1.54, 1.807) is 0 Å². The van der Waals surface area contributed by atoms with Crippen LogP contribution in [0.5, 0.6) is 0 Å². The quantitative estimate of drug-likeness (QED) is 0.852. The Morgan fingerprint density at radius 3 is 2.25 bits per heavy atom. The zero-order valence-electron chi connectivity index (χ0n) is 12.6. The lowest BCUT2D eigenvalue weighted by molar-refractivity contribution is 0.561. The SMILES string of the molecule is CC(C)Cc1ccc(CN[C@@H](C)c2ccccn2)cc1. The topological polar surface area (TPSA) is 24.9 Å². The van der Waals surface area contributed by atoms with Crippen molar-refractivity contribution in [3.05, 3.63) is 65.5 Å². The number of nitrogens with one attached hydrogen (secondary N) is 1. The molecule has 1 atom stereocenters. The van der Waals surface area contributed by atoms with E-state index in [1.165, 1.54) is 11.1 Å². The van der Waals surface area contributed by atoms with Gasteiger partial charge in [0, 0.05) is 18.8 Å². The molecule has 20 heavy (non-hydrogen) atoms. The maximum absolute atomic E-state index is 4.38. The monoisotopic (exact) mass is 268 g/mol. The summed E-state index contributed by atoms with van der Waals surface area (Å²) in [6.07, 6.45) is 2.99. The van der Waals surface area contributed by atoms with Gasteiger partial charge in [-0.3, -0.25) is 4.98 Å². The summed E-state index contributed by atoms with van der Waals surface area (Å²) in [6, 6.07) is 15.2. The van der Waals surface area contributed by atoms with E-state index in [2.05, 4.69) is 61.4 Å². The van der Waals surface area contributed by atoms with Crippen molar-refractivity contribution >= 4 is 0 Å². The highest BCUT2D eigenvalue weighted by atomic mass is 14.9. The lowest BCUT2D eigenvalue weighted by Gasteiger charge is -2.13. The van der Waals surface area contributed by atoms with Crippen molar-refractivity contribution in [3.63, 3.8) is 0 Å². The molecule has 0 bridgehead atoms. The van der Waals surface area contributed by atoms with Gasteiger partial charge < -0.3 is 5.32 Å². The fourth-order valence-corrected chi connectivity index (χ4v) is 2.27. The van der Waals surface area contributed by atoms with E-state index in [0.717, 1.165) is 18.7 Å². The molecule has 1 N–H and O–H groups in total. The average molecular weight is 268 g/mol. The molecule has 0 fully saturated rings. The van der Waals surface area contributed by atoms with Crippen LogP contribution < -0.4 is 5.32 Å². The fraction of sp³-hybridized carbons (Fsp3) is 0.389. The lowest BCUT2D eigenvalue weighted by Crippen LogP contribution is -2.18. The van der Waals surface area contributed by atoms with E-state index in [9.17, 15) is 0 Å². The minimum atomic E-state index is 0.270. The highest BCUT2D eigenvalue weighted by Gasteiger charge is 2.05. The van der Waals surface area contributed by atoms with E-state index < -0.39 is 0 Å². The molecule has 2 heteroatoms. The fourth-order valence-electron chi connectivity index (χ4n) is 2.27. The normalized spacial score (nSPS) is 12.6. The average Bonchev–Trinajstić information content (AvgIpc) is 2.46. The van der Waals surface area contributed by atoms with Crippen molar-refractivity contribution in [2.45, 2.75) is 39.8 Å². The van der Waals surface area contributed by atoms with E-state index in [-0.39, 0.29) is 6.04 Å². The first-order valence-electron chi connectivity index (χ1n) is 7.37. The van der Waals surface area contributed by atoms with Crippen LogP contribution in [0, 0.1) is 5.92 Å². The second kappa shape index (κ2) is 7.20. The summed E-state index contributed by atoms with van der Waals surface area (Å²) >= 11 is 0. The van der Waals surface area contributed by atoms with Gasteiger partial charge >= 0.3 is 0 Å². The Kier molecular flexibility index (Phi) is 5.31. The van der Waals surface area contributed by atoms with Crippen molar-refractivity contribution in [2.24, 2.45) is 5.92 Å². The molecule has 0 amide bonds. The number of aromatic nitrogens is 1. The zero-order chi connectivity index (χ0) is 14.4. The van der Waals surface area contributed by atoms with E-state index >= 15 is 0 Å². The Bertz CT molecular complexity index is 503. The lowest BCUT2D eigenvalue weighted by atomic mass is 10.0. The van der Waals surface area contributed by atoms with Crippen molar-refractivity contribution in [1.82, 2.24) is 10.3 Å². The standard InChI is InChI=1S/C18H24N2/c1-14(2)12-16-7-9-17(10-8-16)13-20-15(3)18-6-4-5-11-19-18/h4-11,14-15,20H,12-13H2,1-3H3/t15-/m0/s1. The van der Waals surface area contributed by atoms with Crippen molar-refractivity contribution < 1.29 is 0 Å². The molecule has 0 aliphatic rings. The molecule has 2 nitrogen and oxygen atoms in total. The second-order valence-electron chi connectivity index (χ2n) is 5.77. The minimum Gasteiger partial charge on any atom is -0.305 e. The molecule has 0 aliphatic heterocycles. The summed E-state index contributed by atoms with van der Waals surface area (Å²) in [4.78, 5) is 4.38. The first-order chi connectivity index (χ1) is 9.65. The summed E-state index contributed by atoms with van der Waals surface area (Å²) in [6.45, 7) is 7.53. The number of benzene rings is 1. The Hall–Kier alpha value is -1.67. The third-order valence-electron chi connectivity index (χ3n) is 3.41. The molecular weight excluding hydrogens is 244 g/mol. The van der Waals surface area contributed by atoms with Gasteiger partial charge in [-0.1, -0.05) is 44.2 Å². The van der Waals surface area contributed by atoms with Crippen LogP contribution in [-0.4, -0.2) is 4.98 Å². The first-order valence-corrected chi connectivity index (χ1v) is 7.37. The van der Waals surface area contributed by atoms with Gasteiger partial charge in [-0.15, -0.1) is 0 Å². The van der Waals surface area contributed by atoms with Crippen molar-refractivity contribution in [3.8, 4) is 0 Å². The van der Waals surface area contributed by atoms with Crippen LogP contribution in [0.2, 0.25) is 0 Å². The summed E-state index contributed by atoms with van der Waals surface area (Å²) in [7, 11) is 0. The molecule has 0 aliphatic carbocycles. The van der Waals surface area contributed by atoms with Gasteiger partial charge in [0.1, 0.15) is 0 Å². The van der Waals surface area contributed by atoms with Gasteiger partial charge in [0.15, 0.2) is 0 Å². The molecule has 1 aromatic heterocycles. The van der Waals surface area contributed by atoms with Crippen LogP contribution in [0.15, 0.2) is 48.7 Å². The molecule has 0 saturated carbocycles. The van der Waals surface area contributed by atoms with Crippen LogP contribution >= 0.6 is 0 Å². The van der Waals surface area contributed by atoms with Crippen LogP contribution in [-0.2, 0) is 13.0 Å². The highest BCUT2D eigenvalue weighted by molar-refractivity contribution is 5.23. The van der Waals surface area contributed by atoms with Gasteiger partial charge in [-0.05, 0) is 42.5 Å². The van der Waals surface area contributed by atoms with E-state index in [4.69, 9.17) is 0 Å². The molecule has 0 unspecified atom stereocenters. The smallest absolute Gasteiger partial charge is 0.0570 e. The maximum atomic E-state index is 4.38. The summed E-state index contributed by atoms with van der Waals surface area (Å²) in [5, 5.41) is 3.51. The van der Waals surface area contributed by atoms with Crippen molar-refractivity contribution in [2.75, 3.05) is 0 Å². The molecule has 0 saturated heterocycles. The molecule has 0 radical (unpaired) electrons. The van der Waals surface area contributed by atoms with Crippen molar-refractivity contribution in [1.29, 1.82) is 0 Å². The third-order valence-corrected chi connectivity index (χ3v) is 3.41. The summed E-state index contributed by atoms with van der Waals surface area (Å²) in [5.41, 5.74) is 3.82. The minimum absolute atomic E-state index is 0.270. The number of hydrogen-bond donors (Lipinski definition) is 1. The van der Waals surface area contributed by atoms with Crippen LogP contribution in [0.4, 0.5) is 0 Å². The molecule has 1 aromatic carbocycles. The summed E-state index contributed by atoms with van der Waals surface area (Å²) in [5.74, 6) is 0.711. The number of rotatable bonds is 6. The van der Waals surface area contributed by atoms with Gasteiger partial charge in [0.05, 0.1) is 5.69 Å². The van der Waals surface area contributed by atoms with Gasteiger partial charge in [-0.2, -0.15) is 0 Å². The molecule has 2 rings (SSSR count). The predicted molar refractivity (Wildman–Crippen MR) is 84.5 cm³/mol. The Labute approximate surface area is 122 Å². The number of nitrogens with zero attached hydrogens (tertiary/aromatic N) is 1.